The van der Waals surface area contributed by atoms with Crippen LogP contribution < -0.4 is 19.5 Å². The number of nitrogens with zero attached hydrogens (tertiary/aromatic N) is 1. The molecule has 0 bridgehead atoms. The predicted octanol–water partition coefficient (Wildman–Crippen LogP) is 2.18. The number of nitrogens with one attached hydrogen (secondary N) is 1. The summed E-state index contributed by atoms with van der Waals surface area (Å²) in [5.74, 6) is 1.28. The van der Waals surface area contributed by atoms with Gasteiger partial charge in [-0.25, -0.2) is 0 Å². The molecule has 0 aromatic heterocycles. The van der Waals surface area contributed by atoms with E-state index in [0.29, 0.717) is 22.9 Å². The topological polar surface area (TPSA) is 77.1 Å². The molecule has 2 amide bonds. The van der Waals surface area contributed by atoms with Crippen LogP contribution in [0.15, 0.2) is 48.5 Å². The summed E-state index contributed by atoms with van der Waals surface area (Å²) < 4.78 is 15.6. The number of rotatable bonds is 8. The highest BCUT2D eigenvalue weighted by molar-refractivity contribution is 5.94. The Morgan fingerprint density at radius 1 is 0.962 bits per heavy atom. The summed E-state index contributed by atoms with van der Waals surface area (Å²) in [7, 11) is 4.67. The molecule has 1 N–H and O–H groups in total. The van der Waals surface area contributed by atoms with Crippen molar-refractivity contribution in [2.24, 2.45) is 0 Å². The number of anilines is 1. The molecule has 0 aliphatic rings. The van der Waals surface area contributed by atoms with Crippen LogP contribution >= 0.6 is 0 Å². The summed E-state index contributed by atoms with van der Waals surface area (Å²) in [5.41, 5.74) is 0.602. The maximum atomic E-state index is 12.1. The number of methoxy groups -OCH3 is 2. The van der Waals surface area contributed by atoms with Gasteiger partial charge in [-0.1, -0.05) is 6.07 Å². The first-order chi connectivity index (χ1) is 12.5. The molecule has 2 aromatic carbocycles. The summed E-state index contributed by atoms with van der Waals surface area (Å²) in [5, 5.41) is 2.72. The Bertz CT molecular complexity index is 746. The predicted molar refractivity (Wildman–Crippen MR) is 97.7 cm³/mol. The van der Waals surface area contributed by atoms with E-state index >= 15 is 0 Å². The minimum absolute atomic E-state index is 0.0813. The van der Waals surface area contributed by atoms with Crippen LogP contribution in [0.3, 0.4) is 0 Å². The molecule has 0 saturated heterocycles. The Morgan fingerprint density at radius 3 is 2.27 bits per heavy atom. The molecule has 0 radical (unpaired) electrons. The van der Waals surface area contributed by atoms with Crippen molar-refractivity contribution in [3.63, 3.8) is 0 Å². The lowest BCUT2D eigenvalue weighted by atomic mass is 10.3. The monoisotopic (exact) mass is 358 g/mol. The third-order valence-corrected chi connectivity index (χ3v) is 3.58. The second-order valence-corrected chi connectivity index (χ2v) is 5.49. The van der Waals surface area contributed by atoms with Crippen molar-refractivity contribution in [2.75, 3.05) is 39.7 Å². The van der Waals surface area contributed by atoms with E-state index in [1.54, 1.807) is 69.8 Å². The second kappa shape index (κ2) is 9.31. The maximum Gasteiger partial charge on any atom is 0.260 e. The summed E-state index contributed by atoms with van der Waals surface area (Å²) in [4.78, 5) is 25.5. The van der Waals surface area contributed by atoms with Crippen molar-refractivity contribution < 1.29 is 23.8 Å². The maximum absolute atomic E-state index is 12.1. The van der Waals surface area contributed by atoms with Gasteiger partial charge in [0.1, 0.15) is 17.2 Å². The number of carbonyl (C=O) groups excluding carboxylic acids is 2. The normalized spacial score (nSPS) is 9.96. The van der Waals surface area contributed by atoms with Crippen molar-refractivity contribution in [3.8, 4) is 17.2 Å². The van der Waals surface area contributed by atoms with Gasteiger partial charge in [-0.2, -0.15) is 0 Å². The van der Waals surface area contributed by atoms with E-state index in [2.05, 4.69) is 5.32 Å². The van der Waals surface area contributed by atoms with Crippen molar-refractivity contribution in [3.05, 3.63) is 48.5 Å². The van der Waals surface area contributed by atoms with Crippen molar-refractivity contribution >= 4 is 17.5 Å². The lowest BCUT2D eigenvalue weighted by Gasteiger charge is -2.17. The molecule has 2 aromatic rings. The lowest BCUT2D eigenvalue weighted by molar-refractivity contribution is -0.135. The van der Waals surface area contributed by atoms with Crippen molar-refractivity contribution in [1.29, 1.82) is 0 Å². The SMILES string of the molecule is COc1ccc(OCC(=O)N(C)CC(=O)Nc2cccc(OC)c2)cc1. The van der Waals surface area contributed by atoms with Crippen LogP contribution in [0.25, 0.3) is 0 Å². The fourth-order valence-electron chi connectivity index (χ4n) is 2.13. The van der Waals surface area contributed by atoms with Gasteiger partial charge in [0.15, 0.2) is 6.61 Å². The fourth-order valence-corrected chi connectivity index (χ4v) is 2.13. The quantitative estimate of drug-likeness (QED) is 0.783. The van der Waals surface area contributed by atoms with Gasteiger partial charge in [0.05, 0.1) is 20.8 Å². The molecule has 26 heavy (non-hydrogen) atoms. The van der Waals surface area contributed by atoms with Crippen LogP contribution in [-0.4, -0.2) is 51.1 Å². The van der Waals surface area contributed by atoms with Gasteiger partial charge in [-0.05, 0) is 36.4 Å². The van der Waals surface area contributed by atoms with Gasteiger partial charge in [-0.15, -0.1) is 0 Å². The van der Waals surface area contributed by atoms with Crippen LogP contribution in [0.5, 0.6) is 17.2 Å². The van der Waals surface area contributed by atoms with Crippen molar-refractivity contribution in [1.82, 2.24) is 4.90 Å². The third-order valence-electron chi connectivity index (χ3n) is 3.58. The average Bonchev–Trinajstić information content (AvgIpc) is 2.66. The number of benzene rings is 2. The largest absolute Gasteiger partial charge is 0.497 e. The summed E-state index contributed by atoms with van der Waals surface area (Å²) in [6, 6.07) is 13.9. The minimum Gasteiger partial charge on any atom is -0.497 e. The Morgan fingerprint density at radius 2 is 1.62 bits per heavy atom. The Kier molecular flexibility index (Phi) is 6.84. The molecule has 0 fully saturated rings. The van der Waals surface area contributed by atoms with E-state index in [1.807, 2.05) is 0 Å². The minimum atomic E-state index is -0.307. The van der Waals surface area contributed by atoms with Gasteiger partial charge < -0.3 is 24.4 Å². The van der Waals surface area contributed by atoms with Crippen LogP contribution in [0, 0.1) is 0 Å². The van der Waals surface area contributed by atoms with Gasteiger partial charge in [0.25, 0.3) is 5.91 Å². The zero-order chi connectivity index (χ0) is 18.9. The van der Waals surface area contributed by atoms with E-state index in [0.717, 1.165) is 0 Å². The molecule has 0 atom stereocenters. The molecule has 0 saturated carbocycles. The first kappa shape index (κ1) is 19.1. The summed E-state index contributed by atoms with van der Waals surface area (Å²) in [6.07, 6.45) is 0. The molecule has 7 nitrogen and oxygen atoms in total. The van der Waals surface area contributed by atoms with Crippen LogP contribution in [0.1, 0.15) is 0 Å². The van der Waals surface area contributed by atoms with Gasteiger partial charge in [0, 0.05) is 18.8 Å². The zero-order valence-electron chi connectivity index (χ0n) is 15.0. The smallest absolute Gasteiger partial charge is 0.260 e. The zero-order valence-corrected chi connectivity index (χ0v) is 15.0. The molecule has 138 valence electrons. The van der Waals surface area contributed by atoms with E-state index < -0.39 is 0 Å². The highest BCUT2D eigenvalue weighted by atomic mass is 16.5. The standard InChI is InChI=1S/C19H22N2O5/c1-21(12-18(22)20-14-5-4-6-17(11-14)25-3)19(23)13-26-16-9-7-15(24-2)8-10-16/h4-11H,12-13H2,1-3H3,(H,20,22). The number of likely N-dealkylation sites (N-methyl/N-ethyl adjacent to an activating group) is 1. The molecule has 0 unspecified atom stereocenters. The molecule has 0 heterocycles. The highest BCUT2D eigenvalue weighted by Crippen LogP contribution is 2.17. The number of hydrogen-bond donors (Lipinski definition) is 1. The average molecular weight is 358 g/mol. The van der Waals surface area contributed by atoms with E-state index in [9.17, 15) is 9.59 Å². The first-order valence-corrected chi connectivity index (χ1v) is 7.96. The molecule has 7 heteroatoms. The number of hydrogen-bond acceptors (Lipinski definition) is 5. The van der Waals surface area contributed by atoms with Crippen LogP contribution in [-0.2, 0) is 9.59 Å². The van der Waals surface area contributed by atoms with E-state index in [4.69, 9.17) is 14.2 Å². The van der Waals surface area contributed by atoms with Crippen molar-refractivity contribution in [2.45, 2.75) is 0 Å². The Hall–Kier alpha value is -3.22. The number of ether oxygens (including phenoxy) is 3. The Balaban J connectivity index is 1.80. The second-order valence-electron chi connectivity index (χ2n) is 5.49. The number of amides is 2. The van der Waals surface area contributed by atoms with Gasteiger partial charge in [0.2, 0.25) is 5.91 Å². The van der Waals surface area contributed by atoms with Gasteiger partial charge >= 0.3 is 0 Å². The van der Waals surface area contributed by atoms with E-state index in [-0.39, 0.29) is 25.0 Å². The molecule has 2 rings (SSSR count). The summed E-state index contributed by atoms with van der Waals surface area (Å²) >= 11 is 0. The number of carbonyl (C=O) groups is 2. The molecule has 0 aliphatic carbocycles. The summed E-state index contributed by atoms with van der Waals surface area (Å²) in [6.45, 7) is -0.239. The van der Waals surface area contributed by atoms with Crippen LogP contribution in [0.2, 0.25) is 0 Å². The van der Waals surface area contributed by atoms with Crippen LogP contribution in [0.4, 0.5) is 5.69 Å². The lowest BCUT2D eigenvalue weighted by Crippen LogP contribution is -2.37. The van der Waals surface area contributed by atoms with E-state index in [1.165, 1.54) is 4.90 Å². The molecule has 0 spiro atoms. The highest BCUT2D eigenvalue weighted by Gasteiger charge is 2.14. The molecular weight excluding hydrogens is 336 g/mol. The fraction of sp³-hybridized carbons (Fsp3) is 0.263. The third kappa shape index (κ3) is 5.70. The van der Waals surface area contributed by atoms with Gasteiger partial charge in [-0.3, -0.25) is 9.59 Å². The first-order valence-electron chi connectivity index (χ1n) is 7.96. The Labute approximate surface area is 152 Å². The molecular formula is C19H22N2O5. The molecule has 0 aliphatic heterocycles.